The SMILES string of the molecule is Cn1cc(N)cc1C(=O)NCC1CC=CCC1. The van der Waals surface area contributed by atoms with Crippen molar-refractivity contribution in [2.75, 3.05) is 12.3 Å². The van der Waals surface area contributed by atoms with Crippen LogP contribution in [-0.4, -0.2) is 17.0 Å². The van der Waals surface area contributed by atoms with Gasteiger partial charge in [-0.05, 0) is 31.2 Å². The van der Waals surface area contributed by atoms with Crippen LogP contribution in [0.3, 0.4) is 0 Å². The number of nitrogens with two attached hydrogens (primary N) is 1. The molecule has 0 radical (unpaired) electrons. The number of hydrogen-bond acceptors (Lipinski definition) is 2. The van der Waals surface area contributed by atoms with Gasteiger partial charge in [-0.25, -0.2) is 0 Å². The maximum absolute atomic E-state index is 11.9. The van der Waals surface area contributed by atoms with Crippen LogP contribution >= 0.6 is 0 Å². The Labute approximate surface area is 101 Å². The summed E-state index contributed by atoms with van der Waals surface area (Å²) in [7, 11) is 1.83. The summed E-state index contributed by atoms with van der Waals surface area (Å²) < 4.78 is 1.76. The van der Waals surface area contributed by atoms with E-state index in [1.54, 1.807) is 16.8 Å². The molecule has 1 unspecified atom stereocenters. The normalized spacial score (nSPS) is 19.2. The number of nitrogens with zero attached hydrogens (tertiary/aromatic N) is 1. The van der Waals surface area contributed by atoms with Gasteiger partial charge in [-0.2, -0.15) is 0 Å². The number of nitrogen functional groups attached to an aromatic ring is 1. The molecule has 3 N–H and O–H groups in total. The predicted molar refractivity (Wildman–Crippen MR) is 68.6 cm³/mol. The molecule has 92 valence electrons. The number of hydrogen-bond donors (Lipinski definition) is 2. The van der Waals surface area contributed by atoms with Gasteiger partial charge in [0.05, 0.1) is 5.69 Å². The second-order valence-electron chi connectivity index (χ2n) is 4.63. The Balaban J connectivity index is 1.89. The number of nitrogens with one attached hydrogen (secondary N) is 1. The van der Waals surface area contributed by atoms with Crippen molar-refractivity contribution in [2.24, 2.45) is 13.0 Å². The Hall–Kier alpha value is -1.71. The van der Waals surface area contributed by atoms with Crippen LogP contribution in [0.5, 0.6) is 0 Å². The average Bonchev–Trinajstić information content (AvgIpc) is 2.67. The molecule has 0 fully saturated rings. The van der Waals surface area contributed by atoms with Gasteiger partial charge in [0.2, 0.25) is 0 Å². The molecule has 1 aliphatic carbocycles. The number of carbonyl (C=O) groups is 1. The number of rotatable bonds is 3. The van der Waals surface area contributed by atoms with Crippen molar-refractivity contribution < 1.29 is 4.79 Å². The van der Waals surface area contributed by atoms with Crippen molar-refractivity contribution >= 4 is 11.6 Å². The van der Waals surface area contributed by atoms with Crippen LogP contribution in [0.4, 0.5) is 5.69 Å². The summed E-state index contributed by atoms with van der Waals surface area (Å²) in [5.74, 6) is 0.528. The largest absolute Gasteiger partial charge is 0.397 e. The summed E-state index contributed by atoms with van der Waals surface area (Å²) in [6.07, 6.45) is 9.49. The molecule has 1 atom stereocenters. The lowest BCUT2D eigenvalue weighted by atomic mass is 9.94. The van der Waals surface area contributed by atoms with Crippen LogP contribution in [0.25, 0.3) is 0 Å². The Morgan fingerprint density at radius 3 is 3.00 bits per heavy atom. The molecule has 1 heterocycles. The van der Waals surface area contributed by atoms with Crippen molar-refractivity contribution in [1.29, 1.82) is 0 Å². The maximum atomic E-state index is 11.9. The fourth-order valence-corrected chi connectivity index (χ4v) is 2.19. The van der Waals surface area contributed by atoms with E-state index in [-0.39, 0.29) is 5.91 Å². The topological polar surface area (TPSA) is 60.0 Å². The van der Waals surface area contributed by atoms with Gasteiger partial charge >= 0.3 is 0 Å². The zero-order valence-corrected chi connectivity index (χ0v) is 10.1. The Morgan fingerprint density at radius 2 is 2.41 bits per heavy atom. The molecule has 2 rings (SSSR count). The smallest absolute Gasteiger partial charge is 0.267 e. The predicted octanol–water partition coefficient (Wildman–Crippen LogP) is 1.69. The van der Waals surface area contributed by atoms with Crippen LogP contribution in [0, 0.1) is 5.92 Å². The van der Waals surface area contributed by atoms with Gasteiger partial charge in [0.1, 0.15) is 5.69 Å². The van der Waals surface area contributed by atoms with Crippen molar-refractivity contribution in [1.82, 2.24) is 9.88 Å². The molecule has 1 aromatic heterocycles. The zero-order chi connectivity index (χ0) is 12.3. The van der Waals surface area contributed by atoms with E-state index >= 15 is 0 Å². The Morgan fingerprint density at radius 1 is 1.59 bits per heavy atom. The molecule has 17 heavy (non-hydrogen) atoms. The third-order valence-electron chi connectivity index (χ3n) is 3.19. The summed E-state index contributed by atoms with van der Waals surface area (Å²) in [6.45, 7) is 0.744. The second-order valence-corrected chi connectivity index (χ2v) is 4.63. The van der Waals surface area contributed by atoms with Gasteiger partial charge in [0.25, 0.3) is 5.91 Å². The molecule has 4 nitrogen and oxygen atoms in total. The van der Waals surface area contributed by atoms with E-state index in [0.29, 0.717) is 17.3 Å². The van der Waals surface area contributed by atoms with Gasteiger partial charge in [-0.3, -0.25) is 4.79 Å². The Bertz CT molecular complexity index is 434. The summed E-state index contributed by atoms with van der Waals surface area (Å²) in [6, 6.07) is 1.70. The van der Waals surface area contributed by atoms with E-state index in [4.69, 9.17) is 5.73 Å². The minimum absolute atomic E-state index is 0.0428. The van der Waals surface area contributed by atoms with E-state index in [9.17, 15) is 4.79 Å². The van der Waals surface area contributed by atoms with Crippen LogP contribution in [0.2, 0.25) is 0 Å². The molecule has 0 bridgehead atoms. The monoisotopic (exact) mass is 233 g/mol. The van der Waals surface area contributed by atoms with Crippen molar-refractivity contribution in [2.45, 2.75) is 19.3 Å². The number of carbonyl (C=O) groups excluding carboxylic acids is 1. The lowest BCUT2D eigenvalue weighted by Gasteiger charge is -2.18. The molecule has 4 heteroatoms. The number of anilines is 1. The van der Waals surface area contributed by atoms with E-state index in [1.165, 1.54) is 0 Å². The van der Waals surface area contributed by atoms with Gasteiger partial charge < -0.3 is 15.6 Å². The van der Waals surface area contributed by atoms with E-state index < -0.39 is 0 Å². The molecule has 0 saturated heterocycles. The molecule has 0 spiro atoms. The fraction of sp³-hybridized carbons (Fsp3) is 0.462. The summed E-state index contributed by atoms with van der Waals surface area (Å²) in [5.41, 5.74) is 6.89. The van der Waals surface area contributed by atoms with Crippen LogP contribution in [0.1, 0.15) is 29.8 Å². The van der Waals surface area contributed by atoms with E-state index in [0.717, 1.165) is 25.8 Å². The molecule has 0 aromatic carbocycles. The number of aromatic nitrogens is 1. The quantitative estimate of drug-likeness (QED) is 0.780. The molecule has 0 aliphatic heterocycles. The van der Waals surface area contributed by atoms with E-state index in [2.05, 4.69) is 17.5 Å². The minimum atomic E-state index is -0.0428. The van der Waals surface area contributed by atoms with Gasteiger partial charge in [-0.1, -0.05) is 12.2 Å². The lowest BCUT2D eigenvalue weighted by Crippen LogP contribution is -2.30. The first-order valence-corrected chi connectivity index (χ1v) is 6.02. The van der Waals surface area contributed by atoms with Gasteiger partial charge in [-0.15, -0.1) is 0 Å². The number of amides is 1. The lowest BCUT2D eigenvalue weighted by molar-refractivity contribution is 0.0938. The molecule has 1 aliphatic rings. The minimum Gasteiger partial charge on any atom is -0.397 e. The van der Waals surface area contributed by atoms with Crippen molar-refractivity contribution in [3.05, 3.63) is 30.1 Å². The molecule has 1 amide bonds. The summed E-state index contributed by atoms with van der Waals surface area (Å²) >= 11 is 0. The van der Waals surface area contributed by atoms with Crippen LogP contribution in [0.15, 0.2) is 24.4 Å². The molecular formula is C13H19N3O. The van der Waals surface area contributed by atoms with Crippen molar-refractivity contribution in [3.8, 4) is 0 Å². The highest BCUT2D eigenvalue weighted by Crippen LogP contribution is 2.17. The van der Waals surface area contributed by atoms with Gasteiger partial charge in [0.15, 0.2) is 0 Å². The number of aryl methyl sites for hydroxylation is 1. The first-order valence-electron chi connectivity index (χ1n) is 6.02. The number of allylic oxidation sites excluding steroid dienone is 2. The average molecular weight is 233 g/mol. The molecule has 0 saturated carbocycles. The van der Waals surface area contributed by atoms with Crippen LogP contribution in [-0.2, 0) is 7.05 Å². The highest BCUT2D eigenvalue weighted by atomic mass is 16.1. The van der Waals surface area contributed by atoms with Gasteiger partial charge in [0, 0.05) is 19.8 Å². The fourth-order valence-electron chi connectivity index (χ4n) is 2.19. The summed E-state index contributed by atoms with van der Waals surface area (Å²) in [5, 5.41) is 2.97. The van der Waals surface area contributed by atoms with Crippen molar-refractivity contribution in [3.63, 3.8) is 0 Å². The maximum Gasteiger partial charge on any atom is 0.267 e. The first-order chi connectivity index (χ1) is 8.16. The first kappa shape index (κ1) is 11.8. The Kier molecular flexibility index (Phi) is 3.52. The standard InChI is InChI=1S/C13H19N3O/c1-16-9-11(14)7-12(16)13(17)15-8-10-5-3-2-4-6-10/h2-3,7,9-10H,4-6,8,14H2,1H3,(H,15,17). The highest BCUT2D eigenvalue weighted by molar-refractivity contribution is 5.93. The third kappa shape index (κ3) is 2.90. The molecular weight excluding hydrogens is 214 g/mol. The molecule has 1 aromatic rings. The van der Waals surface area contributed by atoms with Crippen LogP contribution < -0.4 is 11.1 Å². The zero-order valence-electron chi connectivity index (χ0n) is 10.1. The summed E-state index contributed by atoms with van der Waals surface area (Å²) in [4.78, 5) is 11.9. The second kappa shape index (κ2) is 5.08. The highest BCUT2D eigenvalue weighted by Gasteiger charge is 2.14. The van der Waals surface area contributed by atoms with E-state index in [1.807, 2.05) is 7.05 Å². The third-order valence-corrected chi connectivity index (χ3v) is 3.19.